The lowest BCUT2D eigenvalue weighted by Gasteiger charge is -2.33. The van der Waals surface area contributed by atoms with Gasteiger partial charge in [0.15, 0.2) is 0 Å². The highest BCUT2D eigenvalue weighted by Crippen LogP contribution is 2.29. The van der Waals surface area contributed by atoms with Crippen molar-refractivity contribution in [3.63, 3.8) is 0 Å². The van der Waals surface area contributed by atoms with E-state index in [9.17, 15) is 8.42 Å². The Morgan fingerprint density at radius 2 is 2.00 bits per heavy atom. The zero-order chi connectivity index (χ0) is 15.5. The van der Waals surface area contributed by atoms with E-state index in [1.54, 1.807) is 19.1 Å². The van der Waals surface area contributed by atoms with E-state index in [0.29, 0.717) is 31.2 Å². The summed E-state index contributed by atoms with van der Waals surface area (Å²) in [5.74, 6) is 0. The summed E-state index contributed by atoms with van der Waals surface area (Å²) < 4.78 is 33.1. The fourth-order valence-electron chi connectivity index (χ4n) is 2.56. The molecule has 0 atom stereocenters. The van der Waals surface area contributed by atoms with Gasteiger partial charge in [0.25, 0.3) is 0 Å². The van der Waals surface area contributed by atoms with Crippen molar-refractivity contribution in [2.75, 3.05) is 19.8 Å². The molecule has 3 N–H and O–H groups in total. The first-order chi connectivity index (χ1) is 9.88. The first-order valence-electron chi connectivity index (χ1n) is 7.24. The summed E-state index contributed by atoms with van der Waals surface area (Å²) in [5, 5.41) is 0. The molecule has 1 aromatic carbocycles. The third kappa shape index (κ3) is 3.83. The molecular weight excluding hydrogens is 288 g/mol. The molecule has 118 valence electrons. The first-order valence-corrected chi connectivity index (χ1v) is 8.72. The van der Waals surface area contributed by atoms with Gasteiger partial charge in [-0.15, -0.1) is 0 Å². The summed E-state index contributed by atoms with van der Waals surface area (Å²) >= 11 is 0. The van der Waals surface area contributed by atoms with Gasteiger partial charge in [0.05, 0.1) is 4.90 Å². The number of nitrogens with two attached hydrogens (primary N) is 1. The molecule has 5 nitrogen and oxygen atoms in total. The van der Waals surface area contributed by atoms with Gasteiger partial charge < -0.3 is 10.5 Å². The largest absolute Gasteiger partial charge is 0.381 e. The van der Waals surface area contributed by atoms with Gasteiger partial charge >= 0.3 is 0 Å². The third-order valence-electron chi connectivity index (χ3n) is 4.29. The number of sulfonamides is 1. The quantitative estimate of drug-likeness (QED) is 0.864. The van der Waals surface area contributed by atoms with E-state index in [-0.39, 0.29) is 5.41 Å². The molecule has 0 aliphatic carbocycles. The van der Waals surface area contributed by atoms with Crippen LogP contribution in [0.25, 0.3) is 0 Å². The fraction of sp³-hybridized carbons (Fsp3) is 0.600. The summed E-state index contributed by atoms with van der Waals surface area (Å²) in [6, 6.07) is 5.22. The van der Waals surface area contributed by atoms with Crippen molar-refractivity contribution in [1.29, 1.82) is 0 Å². The molecule has 1 aromatic rings. The summed E-state index contributed by atoms with van der Waals surface area (Å²) in [4.78, 5) is 0.320. The van der Waals surface area contributed by atoms with Crippen molar-refractivity contribution in [2.45, 2.75) is 38.1 Å². The van der Waals surface area contributed by atoms with Crippen LogP contribution < -0.4 is 10.5 Å². The Kier molecular flexibility index (Phi) is 5.03. The molecule has 0 bridgehead atoms. The van der Waals surface area contributed by atoms with Gasteiger partial charge in [0, 0.05) is 26.3 Å². The maximum absolute atomic E-state index is 12.5. The summed E-state index contributed by atoms with van der Waals surface area (Å²) in [5.41, 5.74) is 7.19. The van der Waals surface area contributed by atoms with E-state index in [1.807, 2.05) is 6.07 Å². The highest BCUT2D eigenvalue weighted by atomic mass is 32.2. The van der Waals surface area contributed by atoms with Crippen LogP contribution in [0.3, 0.4) is 0 Å². The maximum Gasteiger partial charge on any atom is 0.240 e. The van der Waals surface area contributed by atoms with Gasteiger partial charge in [-0.1, -0.05) is 19.1 Å². The van der Waals surface area contributed by atoms with Gasteiger partial charge in [-0.05, 0) is 42.4 Å². The van der Waals surface area contributed by atoms with Crippen molar-refractivity contribution in [1.82, 2.24) is 4.72 Å². The Bertz CT molecular complexity index is 593. The lowest BCUT2D eigenvalue weighted by atomic mass is 9.83. The van der Waals surface area contributed by atoms with Crippen LogP contribution in [0.1, 0.15) is 30.9 Å². The molecule has 1 aliphatic heterocycles. The molecule has 1 heterocycles. The van der Waals surface area contributed by atoms with E-state index in [1.165, 1.54) is 0 Å². The van der Waals surface area contributed by atoms with Crippen LogP contribution in [0.4, 0.5) is 0 Å². The summed E-state index contributed by atoms with van der Waals surface area (Å²) in [6.07, 6.45) is 1.74. The van der Waals surface area contributed by atoms with Gasteiger partial charge in [0.2, 0.25) is 10.0 Å². The van der Waals surface area contributed by atoms with Crippen LogP contribution in [0.2, 0.25) is 0 Å². The van der Waals surface area contributed by atoms with Crippen molar-refractivity contribution in [2.24, 2.45) is 11.1 Å². The number of benzene rings is 1. The predicted molar refractivity (Wildman–Crippen MR) is 82.4 cm³/mol. The van der Waals surface area contributed by atoms with Crippen LogP contribution >= 0.6 is 0 Å². The molecule has 1 fully saturated rings. The van der Waals surface area contributed by atoms with Crippen LogP contribution in [-0.2, 0) is 21.3 Å². The van der Waals surface area contributed by atoms with Crippen LogP contribution in [0.15, 0.2) is 23.1 Å². The number of hydrogen-bond donors (Lipinski definition) is 2. The SMILES string of the molecule is Cc1c(CN)cccc1S(=O)(=O)NCC1(C)CCOCC1. The number of hydrogen-bond acceptors (Lipinski definition) is 4. The number of ether oxygens (including phenoxy) is 1. The minimum atomic E-state index is -3.51. The lowest BCUT2D eigenvalue weighted by molar-refractivity contribution is 0.0264. The standard InChI is InChI=1S/C15H24N2O3S/c1-12-13(10-16)4-3-5-14(12)21(18,19)17-11-15(2)6-8-20-9-7-15/h3-5,17H,6-11,16H2,1-2H3. The topological polar surface area (TPSA) is 81.4 Å². The molecule has 0 spiro atoms. The van der Waals surface area contributed by atoms with E-state index < -0.39 is 10.0 Å². The highest BCUT2D eigenvalue weighted by molar-refractivity contribution is 7.89. The molecule has 0 unspecified atom stereocenters. The predicted octanol–water partition coefficient (Wildman–Crippen LogP) is 1.55. The smallest absolute Gasteiger partial charge is 0.240 e. The molecule has 0 radical (unpaired) electrons. The van der Waals surface area contributed by atoms with Gasteiger partial charge in [-0.25, -0.2) is 13.1 Å². The minimum absolute atomic E-state index is 0.0370. The van der Waals surface area contributed by atoms with Crippen LogP contribution in [0, 0.1) is 12.3 Å². The molecule has 0 aromatic heterocycles. The summed E-state index contributed by atoms with van der Waals surface area (Å²) in [7, 11) is -3.51. The Hall–Kier alpha value is -0.950. The zero-order valence-corrected chi connectivity index (χ0v) is 13.5. The van der Waals surface area contributed by atoms with Crippen LogP contribution in [0.5, 0.6) is 0 Å². The fourth-order valence-corrected chi connectivity index (χ4v) is 4.05. The van der Waals surface area contributed by atoms with Gasteiger partial charge in [-0.3, -0.25) is 0 Å². The summed E-state index contributed by atoms with van der Waals surface area (Å²) in [6.45, 7) is 6.06. The Labute approximate surface area is 126 Å². The molecule has 0 saturated carbocycles. The monoisotopic (exact) mass is 312 g/mol. The van der Waals surface area contributed by atoms with E-state index >= 15 is 0 Å². The second-order valence-corrected chi connectivity index (χ2v) is 7.73. The second-order valence-electron chi connectivity index (χ2n) is 5.99. The average molecular weight is 312 g/mol. The molecule has 2 rings (SSSR count). The zero-order valence-electron chi connectivity index (χ0n) is 12.7. The van der Waals surface area contributed by atoms with Crippen molar-refractivity contribution < 1.29 is 13.2 Å². The third-order valence-corrected chi connectivity index (χ3v) is 5.84. The van der Waals surface area contributed by atoms with Crippen molar-refractivity contribution >= 4 is 10.0 Å². The average Bonchev–Trinajstić information content (AvgIpc) is 2.46. The molecule has 0 amide bonds. The normalized spacial score (nSPS) is 18.6. The minimum Gasteiger partial charge on any atom is -0.381 e. The van der Waals surface area contributed by atoms with E-state index in [2.05, 4.69) is 11.6 Å². The number of nitrogens with one attached hydrogen (secondary N) is 1. The highest BCUT2D eigenvalue weighted by Gasteiger charge is 2.29. The van der Waals surface area contributed by atoms with Crippen molar-refractivity contribution in [3.05, 3.63) is 29.3 Å². The van der Waals surface area contributed by atoms with E-state index in [0.717, 1.165) is 24.0 Å². The molecule has 1 saturated heterocycles. The Morgan fingerprint density at radius 3 is 2.62 bits per heavy atom. The van der Waals surface area contributed by atoms with Gasteiger partial charge in [-0.2, -0.15) is 0 Å². The Balaban J connectivity index is 2.15. The second kappa shape index (κ2) is 6.44. The molecule has 6 heteroatoms. The first kappa shape index (κ1) is 16.4. The van der Waals surface area contributed by atoms with Gasteiger partial charge in [0.1, 0.15) is 0 Å². The van der Waals surface area contributed by atoms with Crippen LogP contribution in [-0.4, -0.2) is 28.2 Å². The molecular formula is C15H24N2O3S. The Morgan fingerprint density at radius 1 is 1.33 bits per heavy atom. The lowest BCUT2D eigenvalue weighted by Crippen LogP contribution is -2.39. The number of rotatable bonds is 5. The molecule has 1 aliphatic rings. The van der Waals surface area contributed by atoms with E-state index in [4.69, 9.17) is 10.5 Å². The molecule has 21 heavy (non-hydrogen) atoms. The van der Waals surface area contributed by atoms with Crippen molar-refractivity contribution in [3.8, 4) is 0 Å². The maximum atomic E-state index is 12.5.